The summed E-state index contributed by atoms with van der Waals surface area (Å²) in [4.78, 5) is 28.4. The first-order valence-electron chi connectivity index (χ1n) is 8.17. The summed E-state index contributed by atoms with van der Waals surface area (Å²) in [5.41, 5.74) is 1.88. The lowest BCUT2D eigenvalue weighted by atomic mass is 10.1. The molecule has 3 heterocycles. The fourth-order valence-electron chi connectivity index (χ4n) is 2.89. The third-order valence-electron chi connectivity index (χ3n) is 4.13. The van der Waals surface area contributed by atoms with E-state index in [0.29, 0.717) is 34.2 Å². The van der Waals surface area contributed by atoms with Crippen molar-refractivity contribution in [1.29, 1.82) is 0 Å². The third-order valence-corrected chi connectivity index (χ3v) is 4.13. The van der Waals surface area contributed by atoms with Crippen LogP contribution in [0, 0.1) is 0 Å². The van der Waals surface area contributed by atoms with Gasteiger partial charge in [0, 0.05) is 6.04 Å². The first-order valence-corrected chi connectivity index (χ1v) is 8.17. The average molecular weight is 348 g/mol. The van der Waals surface area contributed by atoms with Gasteiger partial charge in [0.2, 0.25) is 0 Å². The van der Waals surface area contributed by atoms with Crippen molar-refractivity contribution in [1.82, 2.24) is 25.1 Å². The van der Waals surface area contributed by atoms with E-state index in [1.807, 2.05) is 30.5 Å². The molecule has 0 bridgehead atoms. The van der Waals surface area contributed by atoms with E-state index in [1.54, 1.807) is 30.6 Å². The molecule has 0 saturated heterocycles. The molecule has 2 aromatic heterocycles. The Morgan fingerprint density at radius 1 is 1.08 bits per heavy atom. The fourth-order valence-corrected chi connectivity index (χ4v) is 2.89. The predicted molar refractivity (Wildman–Crippen MR) is 95.2 cm³/mol. The number of nitrogens with one attached hydrogen (secondary N) is 2. The van der Waals surface area contributed by atoms with Gasteiger partial charge in [0.1, 0.15) is 17.8 Å². The van der Waals surface area contributed by atoms with Gasteiger partial charge in [0.05, 0.1) is 16.8 Å². The number of carbonyl (C=O) groups is 2. The standard InChI is InChI=1S/C18H16N6O2/c1-10(2)24-9-19-23-16(24)13-7-4-8-14(21-13)20-12-6-3-5-11-15(12)18(26)22-17(11)25/h3-10H,1-2H3,(H,20,21)(H,22,25,26). The van der Waals surface area contributed by atoms with Gasteiger partial charge in [-0.2, -0.15) is 0 Å². The Balaban J connectivity index is 1.71. The summed E-state index contributed by atoms with van der Waals surface area (Å²) in [6.07, 6.45) is 1.67. The molecule has 2 N–H and O–H groups in total. The molecule has 1 aliphatic rings. The van der Waals surface area contributed by atoms with Gasteiger partial charge >= 0.3 is 0 Å². The Morgan fingerprint density at radius 3 is 2.69 bits per heavy atom. The highest BCUT2D eigenvalue weighted by molar-refractivity contribution is 6.24. The molecule has 8 nitrogen and oxygen atoms in total. The number of anilines is 2. The highest BCUT2D eigenvalue weighted by Gasteiger charge is 2.29. The van der Waals surface area contributed by atoms with Gasteiger partial charge in [-0.1, -0.05) is 12.1 Å². The van der Waals surface area contributed by atoms with Crippen LogP contribution in [0.15, 0.2) is 42.7 Å². The largest absolute Gasteiger partial charge is 0.340 e. The fraction of sp³-hybridized carbons (Fsp3) is 0.167. The number of fused-ring (bicyclic) bond motifs is 1. The zero-order valence-corrected chi connectivity index (χ0v) is 14.2. The summed E-state index contributed by atoms with van der Waals surface area (Å²) in [6.45, 7) is 4.08. The van der Waals surface area contributed by atoms with E-state index in [9.17, 15) is 9.59 Å². The molecule has 0 aliphatic carbocycles. The molecule has 0 fully saturated rings. The van der Waals surface area contributed by atoms with Crippen molar-refractivity contribution >= 4 is 23.3 Å². The molecule has 3 aromatic rings. The minimum atomic E-state index is -0.413. The maximum Gasteiger partial charge on any atom is 0.261 e. The van der Waals surface area contributed by atoms with Crippen LogP contribution in [-0.4, -0.2) is 31.6 Å². The van der Waals surface area contributed by atoms with Crippen molar-refractivity contribution in [3.05, 3.63) is 53.9 Å². The normalized spacial score (nSPS) is 13.0. The van der Waals surface area contributed by atoms with E-state index in [1.165, 1.54) is 0 Å². The molecule has 0 atom stereocenters. The van der Waals surface area contributed by atoms with E-state index in [2.05, 4.69) is 25.8 Å². The van der Waals surface area contributed by atoms with Crippen LogP contribution < -0.4 is 10.6 Å². The molecule has 0 unspecified atom stereocenters. The summed E-state index contributed by atoms with van der Waals surface area (Å²) in [7, 11) is 0. The molecule has 8 heteroatoms. The average Bonchev–Trinajstić information content (AvgIpc) is 3.21. The number of benzene rings is 1. The number of hydrogen-bond donors (Lipinski definition) is 2. The zero-order valence-electron chi connectivity index (χ0n) is 14.2. The van der Waals surface area contributed by atoms with Crippen molar-refractivity contribution in [2.45, 2.75) is 19.9 Å². The van der Waals surface area contributed by atoms with Crippen LogP contribution in [0.1, 0.15) is 40.6 Å². The van der Waals surface area contributed by atoms with Gasteiger partial charge in [-0.3, -0.25) is 14.9 Å². The second-order valence-electron chi connectivity index (χ2n) is 6.20. The number of hydrogen-bond acceptors (Lipinski definition) is 6. The van der Waals surface area contributed by atoms with E-state index < -0.39 is 5.91 Å². The van der Waals surface area contributed by atoms with Crippen molar-refractivity contribution in [2.75, 3.05) is 5.32 Å². The number of amides is 2. The number of nitrogens with zero attached hydrogens (tertiary/aromatic N) is 4. The SMILES string of the molecule is CC(C)n1cnnc1-c1cccc(Nc2cccc3c2C(=O)NC3=O)n1. The lowest BCUT2D eigenvalue weighted by Gasteiger charge is -2.12. The van der Waals surface area contributed by atoms with E-state index >= 15 is 0 Å². The zero-order chi connectivity index (χ0) is 18.3. The summed E-state index contributed by atoms with van der Waals surface area (Å²) < 4.78 is 1.93. The summed E-state index contributed by atoms with van der Waals surface area (Å²) >= 11 is 0. The Labute approximate surface area is 149 Å². The van der Waals surface area contributed by atoms with Gasteiger partial charge in [0.25, 0.3) is 11.8 Å². The highest BCUT2D eigenvalue weighted by Crippen LogP contribution is 2.27. The van der Waals surface area contributed by atoms with Gasteiger partial charge < -0.3 is 9.88 Å². The van der Waals surface area contributed by atoms with Crippen LogP contribution in [0.3, 0.4) is 0 Å². The first-order chi connectivity index (χ1) is 12.5. The molecule has 0 radical (unpaired) electrons. The highest BCUT2D eigenvalue weighted by atomic mass is 16.2. The summed E-state index contributed by atoms with van der Waals surface area (Å²) in [5, 5.41) is 13.5. The Hall–Kier alpha value is -3.55. The molecule has 0 saturated carbocycles. The van der Waals surface area contributed by atoms with Crippen molar-refractivity contribution in [2.24, 2.45) is 0 Å². The first kappa shape index (κ1) is 15.9. The Kier molecular flexibility index (Phi) is 3.72. The van der Waals surface area contributed by atoms with Crippen LogP contribution in [0.5, 0.6) is 0 Å². The van der Waals surface area contributed by atoms with Crippen LogP contribution >= 0.6 is 0 Å². The van der Waals surface area contributed by atoms with Crippen LogP contribution in [0.2, 0.25) is 0 Å². The van der Waals surface area contributed by atoms with Gasteiger partial charge in [-0.05, 0) is 38.1 Å². The second kappa shape index (κ2) is 6.07. The molecule has 26 heavy (non-hydrogen) atoms. The number of pyridine rings is 1. The molecule has 130 valence electrons. The quantitative estimate of drug-likeness (QED) is 0.703. The lowest BCUT2D eigenvalue weighted by Crippen LogP contribution is -2.20. The molecule has 4 rings (SSSR count). The van der Waals surface area contributed by atoms with Crippen LogP contribution in [0.25, 0.3) is 11.5 Å². The lowest BCUT2D eigenvalue weighted by molar-refractivity contribution is 0.0880. The van der Waals surface area contributed by atoms with Crippen LogP contribution in [-0.2, 0) is 0 Å². The Morgan fingerprint density at radius 2 is 1.88 bits per heavy atom. The van der Waals surface area contributed by atoms with Gasteiger partial charge in [0.15, 0.2) is 5.82 Å². The van der Waals surface area contributed by atoms with Gasteiger partial charge in [-0.25, -0.2) is 4.98 Å². The number of imide groups is 1. The Bertz CT molecular complexity index is 1020. The predicted octanol–water partition coefficient (Wildman–Crippen LogP) is 2.55. The van der Waals surface area contributed by atoms with E-state index in [-0.39, 0.29) is 11.9 Å². The van der Waals surface area contributed by atoms with Gasteiger partial charge in [-0.15, -0.1) is 10.2 Å². The monoisotopic (exact) mass is 348 g/mol. The third kappa shape index (κ3) is 2.61. The van der Waals surface area contributed by atoms with Crippen molar-refractivity contribution in [3.63, 3.8) is 0 Å². The smallest absolute Gasteiger partial charge is 0.261 e. The number of rotatable bonds is 4. The number of carbonyl (C=O) groups excluding carboxylic acids is 2. The van der Waals surface area contributed by atoms with Crippen molar-refractivity contribution < 1.29 is 9.59 Å². The van der Waals surface area contributed by atoms with Crippen molar-refractivity contribution in [3.8, 4) is 11.5 Å². The number of aromatic nitrogens is 4. The molecular formula is C18H16N6O2. The molecular weight excluding hydrogens is 332 g/mol. The molecule has 1 aliphatic heterocycles. The maximum absolute atomic E-state index is 12.0. The summed E-state index contributed by atoms with van der Waals surface area (Å²) in [5.74, 6) is 0.403. The minimum absolute atomic E-state index is 0.200. The molecule has 0 spiro atoms. The second-order valence-corrected chi connectivity index (χ2v) is 6.20. The minimum Gasteiger partial charge on any atom is -0.340 e. The van der Waals surface area contributed by atoms with Crippen LogP contribution in [0.4, 0.5) is 11.5 Å². The van der Waals surface area contributed by atoms with E-state index in [0.717, 1.165) is 0 Å². The van der Waals surface area contributed by atoms with E-state index in [4.69, 9.17) is 0 Å². The topological polar surface area (TPSA) is 102 Å². The maximum atomic E-state index is 12.0. The molecule has 2 amide bonds. The summed E-state index contributed by atoms with van der Waals surface area (Å²) in [6, 6.07) is 10.8. The molecule has 1 aromatic carbocycles.